The fourth-order valence-corrected chi connectivity index (χ4v) is 3.79. The Morgan fingerprint density at radius 2 is 1.93 bits per heavy atom. The summed E-state index contributed by atoms with van der Waals surface area (Å²) < 4.78 is 5.46. The molecule has 28 heavy (non-hydrogen) atoms. The number of rotatable bonds is 12. The molecule has 0 fully saturated rings. The van der Waals surface area contributed by atoms with Crippen LogP contribution in [0, 0.1) is 6.92 Å². The highest BCUT2D eigenvalue weighted by Gasteiger charge is 2.21. The lowest BCUT2D eigenvalue weighted by molar-refractivity contribution is -0.155. The van der Waals surface area contributed by atoms with E-state index in [1.54, 1.807) is 0 Å². The van der Waals surface area contributed by atoms with E-state index in [-0.39, 0.29) is 25.8 Å². The smallest absolute Gasteiger partial charge is 0.307 e. The molecule has 1 N–H and O–H groups in total. The van der Waals surface area contributed by atoms with Gasteiger partial charge in [-0.2, -0.15) is 0 Å². The molecule has 0 aliphatic rings. The van der Waals surface area contributed by atoms with E-state index in [1.807, 2.05) is 20.8 Å². The Kier molecular flexibility index (Phi) is 11.4. The second-order valence-electron chi connectivity index (χ2n) is 7.74. The monoisotopic (exact) mass is 516 g/mol. The predicted octanol–water partition coefficient (Wildman–Crippen LogP) is 3.37. The third-order valence-electron chi connectivity index (χ3n) is 4.20. The average Bonchev–Trinajstić information content (AvgIpc) is 2.59. The van der Waals surface area contributed by atoms with Crippen molar-refractivity contribution < 1.29 is 14.3 Å². The fourth-order valence-electron chi connectivity index (χ4n) is 2.93. The highest BCUT2D eigenvalue weighted by atomic mass is 79.9. The van der Waals surface area contributed by atoms with Crippen LogP contribution in [-0.4, -0.2) is 55.0 Å². The molecule has 0 aliphatic heterocycles. The molecule has 5 nitrogen and oxygen atoms in total. The molecule has 0 spiro atoms. The molecule has 1 atom stereocenters. The summed E-state index contributed by atoms with van der Waals surface area (Å²) in [5, 5.41) is 4.95. The van der Waals surface area contributed by atoms with Gasteiger partial charge >= 0.3 is 5.97 Å². The first-order valence-corrected chi connectivity index (χ1v) is 11.8. The summed E-state index contributed by atoms with van der Waals surface area (Å²) in [7, 11) is 0.214. The standard InChI is InChI=1S/C20H31BBr2N2O3/c1-15-5-6-18(25(9-7-22)10-8-23)12-16(15)11-17(24-21-14-26)13-19(27)28-20(2,3)4/h5-6,12,14,17,21,24H,7-11,13H2,1-4H3/t17-/m0/s1. The third-order valence-corrected chi connectivity index (χ3v) is 4.91. The minimum atomic E-state index is -0.520. The van der Waals surface area contributed by atoms with Gasteiger partial charge in [-0.05, 0) is 57.4 Å². The van der Waals surface area contributed by atoms with E-state index >= 15 is 0 Å². The molecule has 1 aromatic rings. The van der Waals surface area contributed by atoms with Crippen molar-refractivity contribution in [1.29, 1.82) is 0 Å². The van der Waals surface area contributed by atoms with E-state index < -0.39 is 5.60 Å². The lowest BCUT2D eigenvalue weighted by Gasteiger charge is -2.26. The molecule has 0 saturated heterocycles. The van der Waals surface area contributed by atoms with Crippen LogP contribution in [0.1, 0.15) is 38.3 Å². The molecule has 8 heteroatoms. The van der Waals surface area contributed by atoms with Crippen LogP contribution in [0.5, 0.6) is 0 Å². The summed E-state index contributed by atoms with van der Waals surface area (Å²) in [6.07, 6.45) is 1.70. The number of nitrogens with zero attached hydrogens (tertiary/aromatic N) is 1. The fraction of sp³-hybridized carbons (Fsp3) is 0.600. The number of carbonyl (C=O) groups is 2. The van der Waals surface area contributed by atoms with Crippen LogP contribution in [0.4, 0.5) is 5.69 Å². The topological polar surface area (TPSA) is 58.6 Å². The van der Waals surface area contributed by atoms with Crippen LogP contribution < -0.4 is 10.1 Å². The number of halogens is 2. The second kappa shape index (κ2) is 12.7. The molecule has 0 saturated carbocycles. The number of anilines is 1. The molecule has 0 aliphatic carbocycles. The summed E-state index contributed by atoms with van der Waals surface area (Å²) in [5.41, 5.74) is 2.97. The van der Waals surface area contributed by atoms with Gasteiger partial charge in [0.15, 0.2) is 0 Å². The van der Waals surface area contributed by atoms with Crippen molar-refractivity contribution in [3.8, 4) is 0 Å². The first kappa shape index (κ1) is 25.2. The molecular weight excluding hydrogens is 487 g/mol. The van der Waals surface area contributed by atoms with E-state index in [0.29, 0.717) is 6.42 Å². The number of nitrogens with one attached hydrogen (secondary N) is 1. The quantitative estimate of drug-likeness (QED) is 0.199. The number of carbonyl (C=O) groups excluding carboxylic acids is 2. The Balaban J connectivity index is 2.98. The van der Waals surface area contributed by atoms with Gasteiger partial charge in [0.25, 0.3) is 7.41 Å². The second-order valence-corrected chi connectivity index (χ2v) is 9.33. The Hall–Kier alpha value is -0.855. The minimum absolute atomic E-state index is 0.158. The lowest BCUT2D eigenvalue weighted by atomic mass is 9.91. The summed E-state index contributed by atoms with van der Waals surface area (Å²) in [6.45, 7) is 9.47. The van der Waals surface area contributed by atoms with Crippen LogP contribution in [0.2, 0.25) is 0 Å². The van der Waals surface area contributed by atoms with Crippen LogP contribution >= 0.6 is 31.9 Å². The van der Waals surface area contributed by atoms with E-state index in [0.717, 1.165) is 35.6 Å². The maximum absolute atomic E-state index is 12.3. The predicted molar refractivity (Wildman–Crippen MR) is 126 cm³/mol. The molecule has 0 bridgehead atoms. The number of hydrogen-bond donors (Lipinski definition) is 1. The Morgan fingerprint density at radius 3 is 2.46 bits per heavy atom. The van der Waals surface area contributed by atoms with Crippen molar-refractivity contribution in [2.45, 2.75) is 52.2 Å². The van der Waals surface area contributed by atoms with Gasteiger partial charge in [0.05, 0.1) is 12.6 Å². The maximum Gasteiger partial charge on any atom is 0.307 e. The van der Waals surface area contributed by atoms with Crippen LogP contribution in [0.15, 0.2) is 18.2 Å². The van der Waals surface area contributed by atoms with Crippen molar-refractivity contribution in [1.82, 2.24) is 5.23 Å². The Bertz CT molecular complexity index is 632. The largest absolute Gasteiger partial charge is 0.460 e. The van der Waals surface area contributed by atoms with Gasteiger partial charge in [0.2, 0.25) is 0 Å². The number of alkyl halides is 2. The van der Waals surface area contributed by atoms with E-state index in [4.69, 9.17) is 4.74 Å². The maximum atomic E-state index is 12.3. The molecular formula is C20H31BBr2N2O3. The number of aryl methyl sites for hydroxylation is 1. The summed E-state index contributed by atoms with van der Waals surface area (Å²) >= 11 is 7.04. The number of hydrogen-bond acceptors (Lipinski definition) is 5. The zero-order valence-electron chi connectivity index (χ0n) is 17.3. The Morgan fingerprint density at radius 1 is 1.29 bits per heavy atom. The number of esters is 1. The van der Waals surface area contributed by atoms with E-state index in [2.05, 4.69) is 67.1 Å². The van der Waals surface area contributed by atoms with Crippen LogP contribution in [0.3, 0.4) is 0 Å². The number of benzene rings is 1. The number of ether oxygens (including phenoxy) is 1. The van der Waals surface area contributed by atoms with Crippen molar-refractivity contribution in [2.24, 2.45) is 0 Å². The van der Waals surface area contributed by atoms with Crippen molar-refractivity contribution in [2.75, 3.05) is 28.6 Å². The molecule has 0 heterocycles. The molecule has 0 radical (unpaired) electrons. The molecule has 0 amide bonds. The lowest BCUT2D eigenvalue weighted by Crippen LogP contribution is -2.38. The van der Waals surface area contributed by atoms with Crippen molar-refractivity contribution in [3.05, 3.63) is 29.3 Å². The van der Waals surface area contributed by atoms with Gasteiger partial charge in [-0.15, -0.1) is 0 Å². The third kappa shape index (κ3) is 9.57. The zero-order valence-corrected chi connectivity index (χ0v) is 20.4. The Labute approximate surface area is 186 Å². The van der Waals surface area contributed by atoms with Gasteiger partial charge < -0.3 is 19.7 Å². The normalized spacial score (nSPS) is 12.4. The SMILES string of the molecule is Cc1ccc(N(CCBr)CCBr)cc1C[C@@H](CC(=O)OC(C)(C)C)NBC=O. The first-order valence-electron chi connectivity index (χ1n) is 9.55. The van der Waals surface area contributed by atoms with Crippen molar-refractivity contribution >= 4 is 57.1 Å². The minimum Gasteiger partial charge on any atom is -0.460 e. The molecule has 0 unspecified atom stereocenters. The molecule has 0 aromatic heterocycles. The zero-order chi connectivity index (χ0) is 21.2. The van der Waals surface area contributed by atoms with Gasteiger partial charge in [-0.1, -0.05) is 37.9 Å². The van der Waals surface area contributed by atoms with Gasteiger partial charge in [0, 0.05) is 35.5 Å². The first-order chi connectivity index (χ1) is 13.2. The van der Waals surface area contributed by atoms with Gasteiger partial charge in [-0.25, -0.2) is 0 Å². The van der Waals surface area contributed by atoms with Gasteiger partial charge in [0.1, 0.15) is 5.60 Å². The van der Waals surface area contributed by atoms with Crippen LogP contribution in [-0.2, 0) is 20.7 Å². The highest BCUT2D eigenvalue weighted by molar-refractivity contribution is 9.09. The summed E-state index contributed by atoms with van der Waals surface area (Å²) in [4.78, 5) is 25.4. The molecule has 156 valence electrons. The average molecular weight is 518 g/mol. The molecule has 1 rings (SSSR count). The van der Waals surface area contributed by atoms with E-state index in [9.17, 15) is 9.59 Å². The molecule has 1 aromatic carbocycles. The van der Waals surface area contributed by atoms with Crippen molar-refractivity contribution in [3.63, 3.8) is 0 Å². The summed E-state index contributed by atoms with van der Waals surface area (Å²) in [5.74, 6) is -0.259. The highest BCUT2D eigenvalue weighted by Crippen LogP contribution is 2.22. The summed E-state index contributed by atoms with van der Waals surface area (Å²) in [6, 6.07) is 6.27. The van der Waals surface area contributed by atoms with E-state index in [1.165, 1.54) is 11.1 Å². The van der Waals surface area contributed by atoms with Crippen LogP contribution in [0.25, 0.3) is 0 Å². The van der Waals surface area contributed by atoms with Gasteiger partial charge in [-0.3, -0.25) is 4.79 Å².